The van der Waals surface area contributed by atoms with Crippen molar-refractivity contribution in [3.63, 3.8) is 0 Å². The Kier molecular flexibility index (Phi) is 5.00. The second-order valence-corrected chi connectivity index (χ2v) is 7.40. The summed E-state index contributed by atoms with van der Waals surface area (Å²) in [6.07, 6.45) is 8.60. The molecule has 3 fully saturated rings. The fourth-order valence-electron chi connectivity index (χ4n) is 4.51. The van der Waals surface area contributed by atoms with Gasteiger partial charge in [-0.2, -0.15) is 0 Å². The van der Waals surface area contributed by atoms with Crippen molar-refractivity contribution in [1.29, 1.82) is 0 Å². The molecule has 1 saturated carbocycles. The molecular formula is C17H32N2O. The highest BCUT2D eigenvalue weighted by molar-refractivity contribution is 4.95. The van der Waals surface area contributed by atoms with Gasteiger partial charge in [-0.3, -0.25) is 0 Å². The van der Waals surface area contributed by atoms with Gasteiger partial charge in [-0.1, -0.05) is 6.42 Å². The van der Waals surface area contributed by atoms with Crippen molar-refractivity contribution in [2.75, 3.05) is 26.2 Å². The van der Waals surface area contributed by atoms with E-state index in [4.69, 9.17) is 4.74 Å². The van der Waals surface area contributed by atoms with Crippen molar-refractivity contribution in [1.82, 2.24) is 10.2 Å². The monoisotopic (exact) mass is 280 g/mol. The first-order chi connectivity index (χ1) is 9.74. The molecule has 2 bridgehead atoms. The van der Waals surface area contributed by atoms with E-state index in [0.29, 0.717) is 12.1 Å². The summed E-state index contributed by atoms with van der Waals surface area (Å²) in [5.74, 6) is 1.77. The third kappa shape index (κ3) is 3.37. The summed E-state index contributed by atoms with van der Waals surface area (Å²) in [5.41, 5.74) is 0. The highest BCUT2D eigenvalue weighted by Gasteiger charge is 2.39. The summed E-state index contributed by atoms with van der Waals surface area (Å²) in [4.78, 5) is 2.70. The summed E-state index contributed by atoms with van der Waals surface area (Å²) < 4.78 is 5.74. The van der Waals surface area contributed by atoms with Gasteiger partial charge in [0, 0.05) is 31.8 Å². The lowest BCUT2D eigenvalue weighted by Gasteiger charge is -2.49. The Morgan fingerprint density at radius 3 is 2.45 bits per heavy atom. The number of nitrogens with zero attached hydrogens (tertiary/aromatic N) is 1. The molecule has 3 nitrogen and oxygen atoms in total. The third-order valence-electron chi connectivity index (χ3n) is 5.70. The van der Waals surface area contributed by atoms with E-state index in [2.05, 4.69) is 24.1 Å². The smallest absolute Gasteiger partial charge is 0.0588 e. The lowest BCUT2D eigenvalue weighted by molar-refractivity contribution is 0.0272. The zero-order valence-electron chi connectivity index (χ0n) is 13.3. The second kappa shape index (κ2) is 6.76. The summed E-state index contributed by atoms with van der Waals surface area (Å²) >= 11 is 0. The van der Waals surface area contributed by atoms with Crippen LogP contribution in [0.3, 0.4) is 0 Å². The predicted molar refractivity (Wildman–Crippen MR) is 82.9 cm³/mol. The third-order valence-corrected chi connectivity index (χ3v) is 5.70. The summed E-state index contributed by atoms with van der Waals surface area (Å²) in [6.45, 7) is 9.46. The maximum absolute atomic E-state index is 5.74. The Morgan fingerprint density at radius 2 is 1.85 bits per heavy atom. The molecule has 2 aliphatic heterocycles. The number of hydrogen-bond donors (Lipinski definition) is 1. The van der Waals surface area contributed by atoms with E-state index in [0.717, 1.165) is 31.0 Å². The van der Waals surface area contributed by atoms with Crippen LogP contribution >= 0.6 is 0 Å². The van der Waals surface area contributed by atoms with Crippen LogP contribution in [-0.4, -0.2) is 49.3 Å². The molecule has 116 valence electrons. The number of ether oxygens (including phenoxy) is 1. The minimum atomic E-state index is 0.540. The van der Waals surface area contributed by atoms with Gasteiger partial charge in [0.15, 0.2) is 0 Å². The van der Waals surface area contributed by atoms with Crippen LogP contribution in [0.2, 0.25) is 0 Å². The Bertz CT molecular complexity index is 287. The van der Waals surface area contributed by atoms with Gasteiger partial charge in [0.1, 0.15) is 0 Å². The van der Waals surface area contributed by atoms with Gasteiger partial charge >= 0.3 is 0 Å². The first-order valence-electron chi connectivity index (χ1n) is 8.83. The van der Waals surface area contributed by atoms with Crippen LogP contribution in [-0.2, 0) is 4.74 Å². The Hall–Kier alpha value is -0.120. The molecule has 0 aromatic rings. The molecule has 2 heterocycles. The van der Waals surface area contributed by atoms with Crippen LogP contribution in [0.5, 0.6) is 0 Å². The molecule has 1 aliphatic carbocycles. The van der Waals surface area contributed by atoms with Crippen LogP contribution in [0, 0.1) is 11.8 Å². The average Bonchev–Trinajstić information content (AvgIpc) is 2.91. The van der Waals surface area contributed by atoms with Gasteiger partial charge in [-0.15, -0.1) is 0 Å². The second-order valence-electron chi connectivity index (χ2n) is 7.40. The van der Waals surface area contributed by atoms with E-state index >= 15 is 0 Å². The van der Waals surface area contributed by atoms with Crippen LogP contribution in [0.1, 0.15) is 52.4 Å². The molecule has 0 aromatic heterocycles. The Labute approximate surface area is 124 Å². The summed E-state index contributed by atoms with van der Waals surface area (Å²) in [6, 6.07) is 1.49. The van der Waals surface area contributed by atoms with Crippen LogP contribution in [0.4, 0.5) is 0 Å². The van der Waals surface area contributed by atoms with E-state index < -0.39 is 0 Å². The highest BCUT2D eigenvalue weighted by atomic mass is 16.5. The van der Waals surface area contributed by atoms with E-state index in [1.165, 1.54) is 51.6 Å². The molecule has 3 heteroatoms. The minimum absolute atomic E-state index is 0.540. The maximum atomic E-state index is 5.74. The summed E-state index contributed by atoms with van der Waals surface area (Å²) in [7, 11) is 0. The van der Waals surface area contributed by atoms with Gasteiger partial charge < -0.3 is 15.0 Å². The molecule has 3 unspecified atom stereocenters. The van der Waals surface area contributed by atoms with E-state index in [1.54, 1.807) is 0 Å². The molecule has 20 heavy (non-hydrogen) atoms. The molecule has 0 amide bonds. The molecule has 2 saturated heterocycles. The van der Waals surface area contributed by atoms with E-state index in [-0.39, 0.29) is 0 Å². The van der Waals surface area contributed by atoms with Crippen molar-refractivity contribution < 1.29 is 4.74 Å². The van der Waals surface area contributed by atoms with E-state index in [9.17, 15) is 0 Å². The first-order valence-corrected chi connectivity index (χ1v) is 8.83. The van der Waals surface area contributed by atoms with Crippen molar-refractivity contribution >= 4 is 0 Å². The number of fused-ring (bicyclic) bond motifs is 2. The van der Waals surface area contributed by atoms with Gasteiger partial charge in [0.25, 0.3) is 0 Å². The van der Waals surface area contributed by atoms with Gasteiger partial charge in [-0.05, 0) is 64.3 Å². The standard InChI is InChI=1S/C17H32N2O/c1-13(2)19-11-14-5-3-6-15(12-19)17(14)18-9-8-16-7-4-10-20-16/h13-18H,3-12H2,1-2H3. The van der Waals surface area contributed by atoms with Crippen LogP contribution in [0.15, 0.2) is 0 Å². The van der Waals surface area contributed by atoms with Crippen molar-refractivity contribution in [3.05, 3.63) is 0 Å². The predicted octanol–water partition coefficient (Wildman–Crippen LogP) is 2.65. The maximum Gasteiger partial charge on any atom is 0.0588 e. The SMILES string of the molecule is CC(C)N1CC2CCCC(C1)C2NCCC1CCCO1. The summed E-state index contributed by atoms with van der Waals surface area (Å²) in [5, 5.41) is 3.90. The fourth-order valence-corrected chi connectivity index (χ4v) is 4.51. The number of hydrogen-bond acceptors (Lipinski definition) is 3. The number of likely N-dealkylation sites (tertiary alicyclic amines) is 1. The van der Waals surface area contributed by atoms with Gasteiger partial charge in [0.2, 0.25) is 0 Å². The van der Waals surface area contributed by atoms with Crippen molar-refractivity contribution in [2.24, 2.45) is 11.8 Å². The van der Waals surface area contributed by atoms with Gasteiger partial charge in [-0.25, -0.2) is 0 Å². The van der Waals surface area contributed by atoms with E-state index in [1.807, 2.05) is 0 Å². The molecule has 0 radical (unpaired) electrons. The quantitative estimate of drug-likeness (QED) is 0.838. The lowest BCUT2D eigenvalue weighted by Crippen LogP contribution is -2.58. The Morgan fingerprint density at radius 1 is 1.10 bits per heavy atom. The largest absolute Gasteiger partial charge is 0.378 e. The van der Waals surface area contributed by atoms with Crippen LogP contribution < -0.4 is 5.32 Å². The first kappa shape index (κ1) is 14.8. The number of nitrogens with one attached hydrogen (secondary N) is 1. The molecule has 0 aromatic carbocycles. The zero-order valence-corrected chi connectivity index (χ0v) is 13.3. The van der Waals surface area contributed by atoms with Crippen LogP contribution in [0.25, 0.3) is 0 Å². The molecule has 0 spiro atoms. The molecule has 1 N–H and O–H groups in total. The highest BCUT2D eigenvalue weighted by Crippen LogP contribution is 2.35. The zero-order chi connectivity index (χ0) is 13.9. The lowest BCUT2D eigenvalue weighted by atomic mass is 9.73. The Balaban J connectivity index is 1.48. The van der Waals surface area contributed by atoms with Crippen molar-refractivity contribution in [2.45, 2.75) is 70.6 Å². The molecule has 3 rings (SSSR count). The molecule has 3 atom stereocenters. The molecule has 3 aliphatic rings. The minimum Gasteiger partial charge on any atom is -0.378 e. The van der Waals surface area contributed by atoms with Gasteiger partial charge in [0.05, 0.1) is 6.10 Å². The average molecular weight is 280 g/mol. The fraction of sp³-hybridized carbons (Fsp3) is 1.00. The number of piperidine rings is 1. The number of rotatable bonds is 5. The van der Waals surface area contributed by atoms with Crippen molar-refractivity contribution in [3.8, 4) is 0 Å². The topological polar surface area (TPSA) is 24.5 Å². The molecular weight excluding hydrogens is 248 g/mol. The normalized spacial score (nSPS) is 38.5.